The first kappa shape index (κ1) is 17.5. The third kappa shape index (κ3) is 5.76. The van der Waals surface area contributed by atoms with Crippen molar-refractivity contribution in [2.24, 2.45) is 10.9 Å². The maximum Gasteiger partial charge on any atom is 0.170 e. The number of hydrogen-bond donors (Lipinski definition) is 3. The standard InChI is InChI=1S/C17H29N3O/c1-4-6-8-16(7-5-2)19-12-15-10-9-14(11-13(15)3)17(18)20-21/h9-11,16,19,21H,4-8,12H2,1-3H3,(H2,18,20). The molecule has 0 aliphatic heterocycles. The van der Waals surface area contributed by atoms with Crippen LogP contribution in [-0.2, 0) is 6.54 Å². The molecule has 0 saturated carbocycles. The molecule has 4 N–H and O–H groups in total. The van der Waals surface area contributed by atoms with E-state index in [4.69, 9.17) is 10.9 Å². The minimum atomic E-state index is 0.157. The summed E-state index contributed by atoms with van der Waals surface area (Å²) in [5.41, 5.74) is 8.80. The Labute approximate surface area is 128 Å². The van der Waals surface area contributed by atoms with Crippen LogP contribution < -0.4 is 11.1 Å². The summed E-state index contributed by atoms with van der Waals surface area (Å²) < 4.78 is 0. The van der Waals surface area contributed by atoms with Crippen molar-refractivity contribution in [2.75, 3.05) is 0 Å². The Bertz CT molecular complexity index is 457. The third-order valence-electron chi connectivity index (χ3n) is 3.87. The van der Waals surface area contributed by atoms with Crippen LogP contribution in [0.15, 0.2) is 23.4 Å². The number of unbranched alkanes of at least 4 members (excludes halogenated alkanes) is 1. The molecule has 0 fully saturated rings. The van der Waals surface area contributed by atoms with Crippen LogP contribution in [0.25, 0.3) is 0 Å². The molecule has 0 amide bonds. The summed E-state index contributed by atoms with van der Waals surface area (Å²) in [4.78, 5) is 0. The van der Waals surface area contributed by atoms with Crippen LogP contribution in [0.4, 0.5) is 0 Å². The van der Waals surface area contributed by atoms with Gasteiger partial charge in [0.15, 0.2) is 5.84 Å². The van der Waals surface area contributed by atoms with Gasteiger partial charge in [0, 0.05) is 18.2 Å². The highest BCUT2D eigenvalue weighted by atomic mass is 16.4. The van der Waals surface area contributed by atoms with Crippen LogP contribution in [0.3, 0.4) is 0 Å². The number of nitrogens with two attached hydrogens (primary N) is 1. The van der Waals surface area contributed by atoms with Crippen LogP contribution >= 0.6 is 0 Å². The molecule has 1 unspecified atom stereocenters. The van der Waals surface area contributed by atoms with Gasteiger partial charge in [0.05, 0.1) is 0 Å². The van der Waals surface area contributed by atoms with Crippen LogP contribution in [-0.4, -0.2) is 17.1 Å². The van der Waals surface area contributed by atoms with Gasteiger partial charge in [0.25, 0.3) is 0 Å². The summed E-state index contributed by atoms with van der Waals surface area (Å²) in [7, 11) is 0. The first-order valence-corrected chi connectivity index (χ1v) is 7.93. The number of aryl methyl sites for hydroxylation is 1. The number of oxime groups is 1. The van der Waals surface area contributed by atoms with Crippen molar-refractivity contribution < 1.29 is 5.21 Å². The van der Waals surface area contributed by atoms with E-state index in [0.717, 1.165) is 17.7 Å². The summed E-state index contributed by atoms with van der Waals surface area (Å²) in [6, 6.07) is 6.52. The summed E-state index contributed by atoms with van der Waals surface area (Å²) in [6.07, 6.45) is 6.20. The molecule has 0 aromatic heterocycles. The Morgan fingerprint density at radius 3 is 2.62 bits per heavy atom. The molecule has 118 valence electrons. The zero-order valence-corrected chi connectivity index (χ0v) is 13.5. The van der Waals surface area contributed by atoms with Crippen molar-refractivity contribution >= 4 is 5.84 Å². The smallest absolute Gasteiger partial charge is 0.170 e. The monoisotopic (exact) mass is 291 g/mol. The van der Waals surface area contributed by atoms with E-state index in [2.05, 4.69) is 37.3 Å². The number of hydrogen-bond acceptors (Lipinski definition) is 3. The fourth-order valence-corrected chi connectivity index (χ4v) is 2.51. The highest BCUT2D eigenvalue weighted by Crippen LogP contribution is 2.13. The van der Waals surface area contributed by atoms with E-state index in [0.29, 0.717) is 6.04 Å². The maximum atomic E-state index is 8.72. The van der Waals surface area contributed by atoms with Crippen LogP contribution in [0.5, 0.6) is 0 Å². The van der Waals surface area contributed by atoms with Crippen molar-refractivity contribution in [3.05, 3.63) is 34.9 Å². The second kappa shape index (κ2) is 9.40. The van der Waals surface area contributed by atoms with Gasteiger partial charge in [-0.25, -0.2) is 0 Å². The van der Waals surface area contributed by atoms with E-state index in [1.54, 1.807) is 0 Å². The van der Waals surface area contributed by atoms with Crippen molar-refractivity contribution in [1.29, 1.82) is 0 Å². The summed E-state index contributed by atoms with van der Waals surface area (Å²) in [5.74, 6) is 0.157. The molecule has 1 rings (SSSR count). The predicted molar refractivity (Wildman–Crippen MR) is 88.8 cm³/mol. The van der Waals surface area contributed by atoms with Crippen LogP contribution in [0, 0.1) is 6.92 Å². The topological polar surface area (TPSA) is 70.6 Å². The second-order valence-electron chi connectivity index (χ2n) is 5.64. The predicted octanol–water partition coefficient (Wildman–Crippen LogP) is 3.54. The minimum Gasteiger partial charge on any atom is -0.409 e. The molecule has 0 aliphatic rings. The Hall–Kier alpha value is -1.55. The second-order valence-corrected chi connectivity index (χ2v) is 5.64. The lowest BCUT2D eigenvalue weighted by Gasteiger charge is -2.19. The molecular weight excluding hydrogens is 262 g/mol. The van der Waals surface area contributed by atoms with Gasteiger partial charge in [-0.05, 0) is 37.0 Å². The van der Waals surface area contributed by atoms with Crippen molar-refractivity contribution in [1.82, 2.24) is 5.32 Å². The lowest BCUT2D eigenvalue weighted by atomic mass is 10.0. The first-order valence-electron chi connectivity index (χ1n) is 7.93. The molecule has 0 bridgehead atoms. The van der Waals surface area contributed by atoms with Crippen molar-refractivity contribution in [2.45, 2.75) is 65.5 Å². The zero-order valence-electron chi connectivity index (χ0n) is 13.5. The third-order valence-corrected chi connectivity index (χ3v) is 3.87. The number of nitrogens with zero attached hydrogens (tertiary/aromatic N) is 1. The Balaban J connectivity index is 2.65. The molecule has 21 heavy (non-hydrogen) atoms. The van der Waals surface area contributed by atoms with E-state index in [1.165, 1.54) is 37.7 Å². The molecule has 1 aromatic carbocycles. The normalized spacial score (nSPS) is 13.4. The van der Waals surface area contributed by atoms with Gasteiger partial charge in [-0.15, -0.1) is 0 Å². The zero-order chi connectivity index (χ0) is 15.7. The Morgan fingerprint density at radius 2 is 2.05 bits per heavy atom. The van der Waals surface area contributed by atoms with E-state index in [-0.39, 0.29) is 5.84 Å². The fraction of sp³-hybridized carbons (Fsp3) is 0.588. The summed E-state index contributed by atoms with van der Waals surface area (Å²) >= 11 is 0. The average molecular weight is 291 g/mol. The molecule has 1 atom stereocenters. The highest BCUT2D eigenvalue weighted by molar-refractivity contribution is 5.97. The van der Waals surface area contributed by atoms with Crippen molar-refractivity contribution in [3.63, 3.8) is 0 Å². The van der Waals surface area contributed by atoms with E-state index < -0.39 is 0 Å². The van der Waals surface area contributed by atoms with Gasteiger partial charge >= 0.3 is 0 Å². The average Bonchev–Trinajstić information content (AvgIpc) is 2.50. The Kier molecular flexibility index (Phi) is 7.83. The van der Waals surface area contributed by atoms with Crippen molar-refractivity contribution in [3.8, 4) is 0 Å². The summed E-state index contributed by atoms with van der Waals surface area (Å²) in [5, 5.41) is 15.4. The van der Waals surface area contributed by atoms with Gasteiger partial charge in [-0.3, -0.25) is 0 Å². The van der Waals surface area contributed by atoms with Gasteiger partial charge in [-0.1, -0.05) is 50.4 Å². The highest BCUT2D eigenvalue weighted by Gasteiger charge is 2.08. The first-order chi connectivity index (χ1) is 10.1. The molecule has 0 spiro atoms. The quantitative estimate of drug-likeness (QED) is 0.282. The van der Waals surface area contributed by atoms with Crippen LogP contribution in [0.1, 0.15) is 62.6 Å². The molecule has 0 saturated heterocycles. The summed E-state index contributed by atoms with van der Waals surface area (Å²) in [6.45, 7) is 7.40. The van der Waals surface area contributed by atoms with Gasteiger partial charge in [0.1, 0.15) is 0 Å². The molecule has 0 heterocycles. The number of benzene rings is 1. The fourth-order valence-electron chi connectivity index (χ4n) is 2.51. The Morgan fingerprint density at radius 1 is 1.29 bits per heavy atom. The van der Waals surface area contributed by atoms with E-state index in [9.17, 15) is 0 Å². The van der Waals surface area contributed by atoms with Gasteiger partial charge < -0.3 is 16.3 Å². The molecule has 1 aromatic rings. The SMILES string of the molecule is CCCCC(CCC)NCc1ccc(/C(N)=N/O)cc1C. The van der Waals surface area contributed by atoms with Gasteiger partial charge in [-0.2, -0.15) is 0 Å². The largest absolute Gasteiger partial charge is 0.409 e. The number of rotatable bonds is 9. The maximum absolute atomic E-state index is 8.72. The van der Waals surface area contributed by atoms with Crippen LogP contribution in [0.2, 0.25) is 0 Å². The lowest BCUT2D eigenvalue weighted by Crippen LogP contribution is -2.28. The van der Waals surface area contributed by atoms with E-state index in [1.807, 2.05) is 12.1 Å². The molecule has 4 heteroatoms. The molecular formula is C17H29N3O. The van der Waals surface area contributed by atoms with E-state index >= 15 is 0 Å². The minimum absolute atomic E-state index is 0.157. The number of nitrogens with one attached hydrogen (secondary N) is 1. The van der Waals surface area contributed by atoms with Gasteiger partial charge in [0.2, 0.25) is 0 Å². The number of amidine groups is 1. The molecule has 4 nitrogen and oxygen atoms in total. The molecule has 0 aliphatic carbocycles. The lowest BCUT2D eigenvalue weighted by molar-refractivity contribution is 0.318. The molecule has 0 radical (unpaired) electrons.